The van der Waals surface area contributed by atoms with E-state index in [0.29, 0.717) is 12.5 Å². The van der Waals surface area contributed by atoms with Crippen LogP contribution in [0.5, 0.6) is 0 Å². The van der Waals surface area contributed by atoms with Crippen LogP contribution in [0.4, 0.5) is 4.79 Å². The normalized spacial score (nSPS) is 37.9. The molecular weight excluding hydrogens is 168 g/mol. The molecule has 0 spiro atoms. The topological polar surface area (TPSA) is 66.6 Å². The summed E-state index contributed by atoms with van der Waals surface area (Å²) in [5, 5.41) is 8.97. The molecule has 4 heteroatoms. The van der Waals surface area contributed by atoms with Gasteiger partial charge in [-0.2, -0.15) is 0 Å². The van der Waals surface area contributed by atoms with Crippen molar-refractivity contribution in [3.8, 4) is 0 Å². The summed E-state index contributed by atoms with van der Waals surface area (Å²) < 4.78 is 0. The van der Waals surface area contributed by atoms with Gasteiger partial charge in [-0.25, -0.2) is 4.79 Å². The van der Waals surface area contributed by atoms with Crippen molar-refractivity contribution in [3.05, 3.63) is 0 Å². The second-order valence-electron chi connectivity index (χ2n) is 4.15. The zero-order valence-corrected chi connectivity index (χ0v) is 7.65. The molecular formula is C9H16N2O2. The molecule has 2 aliphatic heterocycles. The van der Waals surface area contributed by atoms with Gasteiger partial charge in [-0.05, 0) is 38.1 Å². The summed E-state index contributed by atoms with van der Waals surface area (Å²) in [6.07, 6.45) is 3.27. The molecule has 0 aliphatic carbocycles. The zero-order valence-electron chi connectivity index (χ0n) is 7.65. The van der Waals surface area contributed by atoms with Gasteiger partial charge in [0.25, 0.3) is 0 Å². The number of piperidine rings is 1. The Bertz CT molecular complexity index is 206. The highest BCUT2D eigenvalue weighted by atomic mass is 16.4. The molecule has 2 aliphatic rings. The number of carbonyl (C=O) groups is 1. The standard InChI is InChI=1S/C9H16N2O2/c10-5-6-3-7-1-2-8(4-6)11(7)9(12)13/h6-8H,1-5,10H2,(H,12,13)/t6?,7-,8?/m0/s1. The van der Waals surface area contributed by atoms with Gasteiger partial charge in [-0.15, -0.1) is 0 Å². The minimum absolute atomic E-state index is 0.254. The van der Waals surface area contributed by atoms with E-state index in [1.165, 1.54) is 0 Å². The Labute approximate surface area is 77.7 Å². The van der Waals surface area contributed by atoms with Gasteiger partial charge in [0.15, 0.2) is 0 Å². The lowest BCUT2D eigenvalue weighted by molar-refractivity contribution is 0.0865. The molecule has 13 heavy (non-hydrogen) atoms. The summed E-state index contributed by atoms with van der Waals surface area (Å²) in [7, 11) is 0. The fourth-order valence-corrected chi connectivity index (χ4v) is 2.79. The van der Waals surface area contributed by atoms with E-state index in [1.807, 2.05) is 0 Å². The predicted molar refractivity (Wildman–Crippen MR) is 48.5 cm³/mol. The van der Waals surface area contributed by atoms with Gasteiger partial charge in [0, 0.05) is 12.1 Å². The van der Waals surface area contributed by atoms with E-state index in [9.17, 15) is 4.79 Å². The average Bonchev–Trinajstić information content (AvgIpc) is 2.37. The Morgan fingerprint density at radius 1 is 1.38 bits per heavy atom. The average molecular weight is 184 g/mol. The maximum Gasteiger partial charge on any atom is 0.407 e. The summed E-state index contributed by atoms with van der Waals surface area (Å²) in [4.78, 5) is 12.5. The van der Waals surface area contributed by atoms with Crippen molar-refractivity contribution in [1.29, 1.82) is 0 Å². The summed E-state index contributed by atoms with van der Waals surface area (Å²) in [5.41, 5.74) is 5.61. The minimum atomic E-state index is -0.747. The van der Waals surface area contributed by atoms with E-state index in [4.69, 9.17) is 10.8 Å². The molecule has 74 valence electrons. The first-order chi connectivity index (χ1) is 6.22. The Hall–Kier alpha value is -0.770. The third kappa shape index (κ3) is 1.39. The lowest BCUT2D eigenvalue weighted by atomic mass is 9.91. The number of rotatable bonds is 1. The highest BCUT2D eigenvalue weighted by molar-refractivity contribution is 5.66. The van der Waals surface area contributed by atoms with Crippen molar-refractivity contribution in [3.63, 3.8) is 0 Å². The molecule has 2 heterocycles. The monoisotopic (exact) mass is 184 g/mol. The second kappa shape index (κ2) is 3.18. The number of hydrogen-bond acceptors (Lipinski definition) is 2. The van der Waals surface area contributed by atoms with Gasteiger partial charge < -0.3 is 15.7 Å². The number of fused-ring (bicyclic) bond motifs is 2. The lowest BCUT2D eigenvalue weighted by Gasteiger charge is -2.36. The van der Waals surface area contributed by atoms with Crippen LogP contribution in [0.1, 0.15) is 25.7 Å². The molecule has 2 rings (SSSR count). The molecule has 3 atom stereocenters. The predicted octanol–water partition coefficient (Wildman–Crippen LogP) is 0.866. The molecule has 2 saturated heterocycles. The summed E-state index contributed by atoms with van der Waals surface area (Å²) in [5.74, 6) is 0.549. The number of hydrogen-bond donors (Lipinski definition) is 2. The third-order valence-electron chi connectivity index (χ3n) is 3.38. The first-order valence-corrected chi connectivity index (χ1v) is 4.93. The van der Waals surface area contributed by atoms with Crippen molar-refractivity contribution in [2.45, 2.75) is 37.8 Å². The maximum absolute atomic E-state index is 10.9. The van der Waals surface area contributed by atoms with Crippen molar-refractivity contribution in [2.75, 3.05) is 6.54 Å². The van der Waals surface area contributed by atoms with Crippen LogP contribution in [0.2, 0.25) is 0 Å². The quantitative estimate of drug-likeness (QED) is 0.635. The Morgan fingerprint density at radius 2 is 1.92 bits per heavy atom. The van der Waals surface area contributed by atoms with Gasteiger partial charge in [0.1, 0.15) is 0 Å². The molecule has 0 aromatic rings. The molecule has 2 unspecified atom stereocenters. The third-order valence-corrected chi connectivity index (χ3v) is 3.38. The van der Waals surface area contributed by atoms with Crippen LogP contribution in [0.25, 0.3) is 0 Å². The fourth-order valence-electron chi connectivity index (χ4n) is 2.79. The number of amides is 1. The van der Waals surface area contributed by atoms with Gasteiger partial charge in [-0.3, -0.25) is 0 Å². The minimum Gasteiger partial charge on any atom is -0.465 e. The highest BCUT2D eigenvalue weighted by Gasteiger charge is 2.42. The van der Waals surface area contributed by atoms with Gasteiger partial charge in [0.2, 0.25) is 0 Å². The fraction of sp³-hybridized carbons (Fsp3) is 0.889. The van der Waals surface area contributed by atoms with Gasteiger partial charge in [0.05, 0.1) is 0 Å². The zero-order chi connectivity index (χ0) is 9.42. The first kappa shape index (κ1) is 8.81. The highest BCUT2D eigenvalue weighted by Crippen LogP contribution is 2.38. The molecule has 4 nitrogen and oxygen atoms in total. The lowest BCUT2D eigenvalue weighted by Crippen LogP contribution is -2.47. The van der Waals surface area contributed by atoms with E-state index in [-0.39, 0.29) is 12.1 Å². The molecule has 2 fully saturated rings. The Balaban J connectivity index is 2.08. The number of nitrogens with two attached hydrogens (primary N) is 1. The largest absolute Gasteiger partial charge is 0.465 e. The van der Waals surface area contributed by atoms with E-state index < -0.39 is 6.09 Å². The van der Waals surface area contributed by atoms with Crippen molar-refractivity contribution in [1.82, 2.24) is 4.90 Å². The van der Waals surface area contributed by atoms with E-state index in [2.05, 4.69) is 0 Å². The van der Waals surface area contributed by atoms with Crippen LogP contribution in [-0.2, 0) is 0 Å². The van der Waals surface area contributed by atoms with Crippen molar-refractivity contribution in [2.24, 2.45) is 11.7 Å². The molecule has 0 aromatic carbocycles. The Morgan fingerprint density at radius 3 is 2.31 bits per heavy atom. The van der Waals surface area contributed by atoms with Crippen LogP contribution in [0, 0.1) is 5.92 Å². The summed E-state index contributed by atoms with van der Waals surface area (Å²) >= 11 is 0. The maximum atomic E-state index is 10.9. The van der Waals surface area contributed by atoms with Crippen LogP contribution in [-0.4, -0.2) is 34.7 Å². The molecule has 0 radical (unpaired) electrons. The van der Waals surface area contributed by atoms with Crippen LogP contribution in [0.15, 0.2) is 0 Å². The van der Waals surface area contributed by atoms with Gasteiger partial charge in [-0.1, -0.05) is 0 Å². The van der Waals surface area contributed by atoms with E-state index in [1.54, 1.807) is 4.90 Å². The SMILES string of the molecule is NCC1CC2CC[C@@H](C1)N2C(=O)O. The summed E-state index contributed by atoms with van der Waals surface area (Å²) in [6.45, 7) is 0.709. The number of carboxylic acid groups (broad SMARTS) is 1. The van der Waals surface area contributed by atoms with Crippen LogP contribution in [0.3, 0.4) is 0 Å². The van der Waals surface area contributed by atoms with E-state index in [0.717, 1.165) is 25.7 Å². The molecule has 3 N–H and O–H groups in total. The molecule has 0 saturated carbocycles. The number of nitrogens with zero attached hydrogens (tertiary/aromatic N) is 1. The molecule has 1 amide bonds. The molecule has 2 bridgehead atoms. The van der Waals surface area contributed by atoms with Gasteiger partial charge >= 0.3 is 6.09 Å². The Kier molecular flexibility index (Phi) is 2.15. The first-order valence-electron chi connectivity index (χ1n) is 4.93. The molecule has 0 aromatic heterocycles. The van der Waals surface area contributed by atoms with Crippen molar-refractivity contribution >= 4 is 6.09 Å². The smallest absolute Gasteiger partial charge is 0.407 e. The summed E-state index contributed by atoms with van der Waals surface area (Å²) in [6, 6.07) is 0.509. The van der Waals surface area contributed by atoms with Crippen molar-refractivity contribution < 1.29 is 9.90 Å². The van der Waals surface area contributed by atoms with Crippen LogP contribution < -0.4 is 5.73 Å². The van der Waals surface area contributed by atoms with Crippen LogP contribution >= 0.6 is 0 Å². The second-order valence-corrected chi connectivity index (χ2v) is 4.15. The van der Waals surface area contributed by atoms with E-state index >= 15 is 0 Å².